The number of carboxylic acids is 1. The van der Waals surface area contributed by atoms with Crippen LogP contribution in [0.3, 0.4) is 0 Å². The Morgan fingerprint density at radius 1 is 0.943 bits per heavy atom. The average molecular weight is 489 g/mol. The maximum atomic E-state index is 12.8. The number of fused-ring (bicyclic) bond motifs is 7. The van der Waals surface area contributed by atoms with Crippen molar-refractivity contribution < 1.29 is 25.2 Å². The number of carboxylic acid groups (broad SMARTS) is 1. The van der Waals surface area contributed by atoms with E-state index in [2.05, 4.69) is 47.6 Å². The van der Waals surface area contributed by atoms with Gasteiger partial charge in [0.25, 0.3) is 0 Å². The summed E-state index contributed by atoms with van der Waals surface area (Å²) in [5.41, 5.74) is -0.0781. The Morgan fingerprint density at radius 3 is 2.23 bits per heavy atom. The summed E-state index contributed by atoms with van der Waals surface area (Å²) in [5.74, 6) is 0.0517. The van der Waals surface area contributed by atoms with Crippen molar-refractivity contribution in [3.63, 3.8) is 0 Å². The van der Waals surface area contributed by atoms with Crippen molar-refractivity contribution >= 4 is 5.97 Å². The van der Waals surface area contributed by atoms with Crippen LogP contribution in [0, 0.1) is 50.2 Å². The minimum Gasteiger partial charge on any atom is -0.481 e. The minimum absolute atomic E-state index is 0.0121. The van der Waals surface area contributed by atoms with E-state index in [1.165, 1.54) is 5.57 Å². The third-order valence-electron chi connectivity index (χ3n) is 13.3. The molecule has 4 fully saturated rings. The number of rotatable bonds is 2. The Kier molecular flexibility index (Phi) is 5.56. The van der Waals surface area contributed by atoms with Gasteiger partial charge in [0.1, 0.15) is 0 Å². The second kappa shape index (κ2) is 7.57. The van der Waals surface area contributed by atoms with Gasteiger partial charge in [0.05, 0.1) is 17.6 Å². The first-order chi connectivity index (χ1) is 16.1. The molecule has 5 aliphatic carbocycles. The molecule has 0 spiro atoms. The zero-order chi connectivity index (χ0) is 25.8. The second-order valence-electron chi connectivity index (χ2n) is 15.0. The molecule has 5 heteroatoms. The van der Waals surface area contributed by atoms with Gasteiger partial charge in [-0.1, -0.05) is 53.2 Å². The molecular formula is C30H48O5. The summed E-state index contributed by atoms with van der Waals surface area (Å²) in [7, 11) is 0. The first-order valence-corrected chi connectivity index (χ1v) is 14.0. The SMILES string of the molecule is CC1(C)[C@H](O)[C@H](O)C[C@]2(C)[C@H]3CC=C4[C@@H]5C[C@@](C)(CO)CC[C@]5(C(=O)O)CC[C@@]4(C)[C@]3(C)CC[C@@H]12. The summed E-state index contributed by atoms with van der Waals surface area (Å²) in [4.78, 5) is 12.8. The van der Waals surface area contributed by atoms with Crippen molar-refractivity contribution in [2.45, 2.75) is 112 Å². The van der Waals surface area contributed by atoms with Crippen molar-refractivity contribution in [3.05, 3.63) is 11.6 Å². The van der Waals surface area contributed by atoms with E-state index in [9.17, 15) is 25.2 Å². The Morgan fingerprint density at radius 2 is 1.60 bits per heavy atom. The van der Waals surface area contributed by atoms with Gasteiger partial charge < -0.3 is 20.4 Å². The lowest BCUT2D eigenvalue weighted by molar-refractivity contribution is -0.232. The summed E-state index contributed by atoms with van der Waals surface area (Å²) in [6, 6.07) is 0. The number of allylic oxidation sites excluding steroid dienone is 2. The summed E-state index contributed by atoms with van der Waals surface area (Å²) >= 11 is 0. The maximum absolute atomic E-state index is 12.8. The van der Waals surface area contributed by atoms with E-state index in [1.54, 1.807) is 0 Å². The predicted octanol–water partition coefficient (Wildman–Crippen LogP) is 5.18. The molecule has 198 valence electrons. The minimum atomic E-state index is -0.711. The van der Waals surface area contributed by atoms with E-state index >= 15 is 0 Å². The molecule has 0 aromatic heterocycles. The highest BCUT2D eigenvalue weighted by atomic mass is 16.4. The lowest BCUT2D eigenvalue weighted by Gasteiger charge is -2.71. The van der Waals surface area contributed by atoms with Crippen LogP contribution >= 0.6 is 0 Å². The van der Waals surface area contributed by atoms with Crippen molar-refractivity contribution in [2.24, 2.45) is 50.2 Å². The van der Waals surface area contributed by atoms with Crippen LogP contribution in [0.1, 0.15) is 99.3 Å². The molecule has 4 N–H and O–H groups in total. The highest BCUT2D eigenvalue weighted by molar-refractivity contribution is 5.76. The number of aliphatic hydroxyl groups is 3. The van der Waals surface area contributed by atoms with Gasteiger partial charge in [0.15, 0.2) is 0 Å². The summed E-state index contributed by atoms with van der Waals surface area (Å²) in [6.45, 7) is 13.7. The van der Waals surface area contributed by atoms with Crippen LogP contribution in [0.2, 0.25) is 0 Å². The van der Waals surface area contributed by atoms with Crippen LogP contribution in [0.4, 0.5) is 0 Å². The Balaban J connectivity index is 1.60. The first kappa shape index (κ1) is 25.7. The molecule has 4 saturated carbocycles. The highest BCUT2D eigenvalue weighted by Gasteiger charge is 2.70. The summed E-state index contributed by atoms with van der Waals surface area (Å²) < 4.78 is 0. The van der Waals surface area contributed by atoms with Crippen molar-refractivity contribution in [2.75, 3.05) is 6.61 Å². The molecule has 0 bridgehead atoms. The molecule has 0 aromatic rings. The van der Waals surface area contributed by atoms with E-state index in [4.69, 9.17) is 0 Å². The van der Waals surface area contributed by atoms with Gasteiger partial charge in [-0.15, -0.1) is 0 Å². The maximum Gasteiger partial charge on any atom is 0.310 e. The van der Waals surface area contributed by atoms with Gasteiger partial charge >= 0.3 is 5.97 Å². The third kappa shape index (κ3) is 3.07. The molecule has 5 rings (SSSR count). The quantitative estimate of drug-likeness (QED) is 0.402. The highest BCUT2D eigenvalue weighted by Crippen LogP contribution is 2.75. The molecule has 0 unspecified atom stereocenters. The van der Waals surface area contributed by atoms with Gasteiger partial charge in [-0.2, -0.15) is 0 Å². The molecule has 35 heavy (non-hydrogen) atoms. The molecular weight excluding hydrogens is 440 g/mol. The molecule has 0 aromatic carbocycles. The van der Waals surface area contributed by atoms with Crippen LogP contribution in [-0.4, -0.2) is 45.2 Å². The van der Waals surface area contributed by atoms with E-state index in [1.807, 2.05) is 0 Å². The van der Waals surface area contributed by atoms with Gasteiger partial charge in [-0.05, 0) is 103 Å². The van der Waals surface area contributed by atoms with Gasteiger partial charge in [-0.3, -0.25) is 4.79 Å². The number of carbonyl (C=O) groups is 1. The van der Waals surface area contributed by atoms with Crippen LogP contribution in [0.15, 0.2) is 11.6 Å². The van der Waals surface area contributed by atoms with Crippen molar-refractivity contribution in [1.29, 1.82) is 0 Å². The topological polar surface area (TPSA) is 98.0 Å². The standard InChI is InChI=1S/C30H48O5/c1-25(2)21-9-10-29(6)22(27(21,4)16-20(32)23(25)33)8-7-18-19-15-26(3,17-31)11-13-30(19,24(34)35)14-12-28(18,29)5/h7,19-23,31-33H,8-17H2,1-6H3,(H,34,35)/t19-,20+,21-,22+,23+,26-,27-,28+,29+,30-/m0/s1. The Bertz CT molecular complexity index is 941. The van der Waals surface area contributed by atoms with Crippen molar-refractivity contribution in [3.8, 4) is 0 Å². The second-order valence-corrected chi connectivity index (χ2v) is 15.0. The lowest BCUT2D eigenvalue weighted by atomic mass is 9.33. The van der Waals surface area contributed by atoms with Gasteiger partial charge in [0.2, 0.25) is 0 Å². The van der Waals surface area contributed by atoms with Crippen LogP contribution in [0.25, 0.3) is 0 Å². The average Bonchev–Trinajstić information content (AvgIpc) is 2.78. The zero-order valence-electron chi connectivity index (χ0n) is 22.7. The molecule has 0 heterocycles. The first-order valence-electron chi connectivity index (χ1n) is 14.0. The molecule has 5 nitrogen and oxygen atoms in total. The fourth-order valence-electron chi connectivity index (χ4n) is 10.8. The third-order valence-corrected chi connectivity index (χ3v) is 13.3. The number of aliphatic hydroxyl groups excluding tert-OH is 3. The fraction of sp³-hybridized carbons (Fsp3) is 0.900. The summed E-state index contributed by atoms with van der Waals surface area (Å²) in [6.07, 6.45) is 8.42. The molecule has 0 radical (unpaired) electrons. The molecule has 10 atom stereocenters. The Hall–Kier alpha value is -0.910. The fourth-order valence-corrected chi connectivity index (χ4v) is 10.8. The number of aliphatic carboxylic acids is 1. The smallest absolute Gasteiger partial charge is 0.310 e. The normalized spacial score (nSPS) is 55.0. The van der Waals surface area contributed by atoms with Crippen LogP contribution in [-0.2, 0) is 4.79 Å². The zero-order valence-corrected chi connectivity index (χ0v) is 22.7. The largest absolute Gasteiger partial charge is 0.481 e. The number of hydrogen-bond donors (Lipinski definition) is 4. The molecule has 5 aliphatic rings. The lowest BCUT2D eigenvalue weighted by Crippen LogP contribution is -2.67. The molecule has 0 amide bonds. The molecule has 0 aliphatic heterocycles. The van der Waals surface area contributed by atoms with E-state index in [0.29, 0.717) is 31.1 Å². The molecule has 0 saturated heterocycles. The van der Waals surface area contributed by atoms with Crippen LogP contribution in [0.5, 0.6) is 0 Å². The van der Waals surface area contributed by atoms with Gasteiger partial charge in [-0.25, -0.2) is 0 Å². The Labute approximate surface area is 211 Å². The van der Waals surface area contributed by atoms with Crippen molar-refractivity contribution in [1.82, 2.24) is 0 Å². The predicted molar refractivity (Wildman–Crippen MR) is 135 cm³/mol. The van der Waals surface area contributed by atoms with E-state index in [-0.39, 0.29) is 39.6 Å². The number of hydrogen-bond acceptors (Lipinski definition) is 4. The summed E-state index contributed by atoms with van der Waals surface area (Å²) in [5, 5.41) is 42.6. The van der Waals surface area contributed by atoms with Crippen LogP contribution < -0.4 is 0 Å². The van der Waals surface area contributed by atoms with E-state index in [0.717, 1.165) is 38.5 Å². The monoisotopic (exact) mass is 488 g/mol. The van der Waals surface area contributed by atoms with E-state index < -0.39 is 23.6 Å². The van der Waals surface area contributed by atoms with Gasteiger partial charge in [0, 0.05) is 6.61 Å².